The molecule has 0 heterocycles. The summed E-state index contributed by atoms with van der Waals surface area (Å²) in [5.74, 6) is 2.20. The third kappa shape index (κ3) is 5.50. The van der Waals surface area contributed by atoms with E-state index in [1.54, 1.807) is 0 Å². The molecule has 0 saturated heterocycles. The topological polar surface area (TPSA) is 0 Å². The second-order valence-electron chi connectivity index (χ2n) is 6.90. The monoisotopic (exact) mass is 430 g/mol. The van der Waals surface area contributed by atoms with Gasteiger partial charge < -0.3 is 0 Å². The molecule has 0 aliphatic heterocycles. The Morgan fingerprint density at radius 1 is 0.600 bits per heavy atom. The minimum absolute atomic E-state index is 1.10. The Hall–Kier alpha value is -2.16. The first-order valence-electron chi connectivity index (χ1n) is 10.6. The maximum absolute atomic E-state index is 2.31. The van der Waals surface area contributed by atoms with Crippen LogP contribution in [0.25, 0.3) is 11.1 Å². The van der Waals surface area contributed by atoms with Crippen LogP contribution in [0.15, 0.2) is 94.7 Å². The minimum atomic E-state index is 1.10. The maximum atomic E-state index is 2.31. The molecule has 0 aliphatic rings. The molecule has 30 heavy (non-hydrogen) atoms. The van der Waals surface area contributed by atoms with Crippen molar-refractivity contribution in [3.63, 3.8) is 0 Å². The molecule has 0 atom stereocenters. The lowest BCUT2D eigenvalue weighted by molar-refractivity contribution is 1.39. The van der Waals surface area contributed by atoms with Crippen LogP contribution >= 0.6 is 23.5 Å². The van der Waals surface area contributed by atoms with Crippen molar-refractivity contribution in [1.82, 2.24) is 0 Å². The number of benzene rings is 3. The molecule has 0 nitrogen and oxygen atoms in total. The lowest BCUT2D eigenvalue weighted by Crippen LogP contribution is -1.92. The molecule has 154 valence electrons. The number of allylic oxidation sites excluding steroid dienone is 2. The second kappa shape index (κ2) is 11.3. The summed E-state index contributed by atoms with van der Waals surface area (Å²) >= 11 is 3.76. The predicted octanol–water partition coefficient (Wildman–Crippen LogP) is 8.81. The summed E-state index contributed by atoms with van der Waals surface area (Å²) in [6.07, 6.45) is 4.43. The van der Waals surface area contributed by atoms with E-state index in [2.05, 4.69) is 113 Å². The van der Waals surface area contributed by atoms with Crippen molar-refractivity contribution >= 4 is 34.7 Å². The zero-order chi connectivity index (χ0) is 21.3. The average Bonchev–Trinajstić information content (AvgIpc) is 2.78. The van der Waals surface area contributed by atoms with Gasteiger partial charge in [0.25, 0.3) is 0 Å². The first-order valence-corrected chi connectivity index (χ1v) is 12.6. The van der Waals surface area contributed by atoms with Gasteiger partial charge in [-0.25, -0.2) is 0 Å². The molecular weight excluding hydrogens is 400 g/mol. The lowest BCUT2D eigenvalue weighted by atomic mass is 9.92. The highest BCUT2D eigenvalue weighted by Gasteiger charge is 2.09. The quantitative estimate of drug-likeness (QED) is 0.327. The number of thioether (sulfide) groups is 2. The third-order valence-corrected chi connectivity index (χ3v) is 6.80. The van der Waals surface area contributed by atoms with Crippen LogP contribution in [0.1, 0.15) is 49.9 Å². The van der Waals surface area contributed by atoms with Crippen molar-refractivity contribution in [3.8, 4) is 0 Å². The molecule has 3 rings (SSSR count). The standard InChI is InChI=1S/C28H30S2/c1-5-27(21-12-16-25(17-13-21)29-7-3)23-10-9-11-24(20-23)28(6-2)22-14-18-26(19-15-22)30-8-4/h5-6,9-20H,7-8H2,1-4H3/b27-5-,28-6+. The Morgan fingerprint density at radius 2 is 1.00 bits per heavy atom. The summed E-state index contributed by atoms with van der Waals surface area (Å²) in [6, 6.07) is 26.8. The van der Waals surface area contributed by atoms with Crippen LogP contribution in [0.5, 0.6) is 0 Å². The van der Waals surface area contributed by atoms with E-state index < -0.39 is 0 Å². The SMILES string of the molecule is C/C=C(/c1ccc(SCC)cc1)c1cccc(/C(=C/C)c2ccc(SCC)cc2)c1. The van der Waals surface area contributed by atoms with E-state index in [-0.39, 0.29) is 0 Å². The van der Waals surface area contributed by atoms with Gasteiger partial charge in [0.1, 0.15) is 0 Å². The van der Waals surface area contributed by atoms with Gasteiger partial charge in [-0.3, -0.25) is 0 Å². The molecule has 0 saturated carbocycles. The normalized spacial score (nSPS) is 12.3. The van der Waals surface area contributed by atoms with Gasteiger partial charge in [0.05, 0.1) is 0 Å². The second-order valence-corrected chi connectivity index (χ2v) is 9.58. The Bertz CT molecular complexity index is 929. The molecular formula is C28H30S2. The fourth-order valence-corrected chi connectivity index (χ4v) is 4.97. The minimum Gasteiger partial charge on any atom is -0.126 e. The highest BCUT2D eigenvalue weighted by molar-refractivity contribution is 7.99. The molecule has 0 aromatic heterocycles. The Morgan fingerprint density at radius 3 is 1.33 bits per heavy atom. The summed E-state index contributed by atoms with van der Waals surface area (Å²) in [5, 5.41) is 0. The molecule has 0 spiro atoms. The number of hydrogen-bond donors (Lipinski definition) is 0. The molecule has 0 N–H and O–H groups in total. The molecule has 0 amide bonds. The Labute approximate surface area is 190 Å². The van der Waals surface area contributed by atoms with Gasteiger partial charge in [0.15, 0.2) is 0 Å². The molecule has 0 fully saturated rings. The molecule has 0 aliphatic carbocycles. The Balaban J connectivity index is 1.91. The zero-order valence-corrected chi connectivity index (χ0v) is 19.9. The van der Waals surface area contributed by atoms with Gasteiger partial charge in [-0.1, -0.05) is 68.5 Å². The maximum Gasteiger partial charge on any atom is 0.00722 e. The van der Waals surface area contributed by atoms with Crippen LogP contribution in [0.3, 0.4) is 0 Å². The molecule has 3 aromatic rings. The van der Waals surface area contributed by atoms with Gasteiger partial charge in [-0.2, -0.15) is 0 Å². The molecule has 0 unspecified atom stereocenters. The van der Waals surface area contributed by atoms with E-state index >= 15 is 0 Å². The summed E-state index contributed by atoms with van der Waals surface area (Å²) in [7, 11) is 0. The average molecular weight is 431 g/mol. The van der Waals surface area contributed by atoms with Crippen molar-refractivity contribution in [2.75, 3.05) is 11.5 Å². The van der Waals surface area contributed by atoms with E-state index in [0.29, 0.717) is 0 Å². The van der Waals surface area contributed by atoms with Crippen LogP contribution in [-0.4, -0.2) is 11.5 Å². The largest absolute Gasteiger partial charge is 0.126 e. The highest BCUT2D eigenvalue weighted by Crippen LogP contribution is 2.31. The molecule has 2 heteroatoms. The molecule has 3 aromatic carbocycles. The summed E-state index contributed by atoms with van der Waals surface area (Å²) in [5.41, 5.74) is 7.58. The van der Waals surface area contributed by atoms with E-state index in [4.69, 9.17) is 0 Å². The van der Waals surface area contributed by atoms with Crippen LogP contribution in [0.4, 0.5) is 0 Å². The van der Waals surface area contributed by atoms with Gasteiger partial charge >= 0.3 is 0 Å². The third-order valence-electron chi connectivity index (χ3n) is 5.01. The first kappa shape index (κ1) is 22.5. The van der Waals surface area contributed by atoms with E-state index in [9.17, 15) is 0 Å². The summed E-state index contributed by atoms with van der Waals surface area (Å²) in [6.45, 7) is 8.63. The van der Waals surface area contributed by atoms with Gasteiger partial charge in [0.2, 0.25) is 0 Å². The van der Waals surface area contributed by atoms with E-state index in [0.717, 1.165) is 11.5 Å². The van der Waals surface area contributed by atoms with Crippen LogP contribution in [0, 0.1) is 0 Å². The van der Waals surface area contributed by atoms with Crippen molar-refractivity contribution in [1.29, 1.82) is 0 Å². The van der Waals surface area contributed by atoms with Gasteiger partial charge in [0, 0.05) is 9.79 Å². The number of hydrogen-bond acceptors (Lipinski definition) is 2. The first-order chi connectivity index (χ1) is 14.7. The summed E-state index contributed by atoms with van der Waals surface area (Å²) in [4.78, 5) is 2.65. The highest BCUT2D eigenvalue weighted by atomic mass is 32.2. The van der Waals surface area contributed by atoms with Crippen molar-refractivity contribution in [3.05, 3.63) is 107 Å². The van der Waals surface area contributed by atoms with Crippen molar-refractivity contribution in [2.45, 2.75) is 37.5 Å². The fourth-order valence-electron chi connectivity index (χ4n) is 3.65. The van der Waals surface area contributed by atoms with Crippen molar-refractivity contribution < 1.29 is 0 Å². The van der Waals surface area contributed by atoms with Gasteiger partial charge in [-0.05, 0) is 89.1 Å². The smallest absolute Gasteiger partial charge is 0.00722 e. The number of rotatable bonds is 8. The van der Waals surface area contributed by atoms with Gasteiger partial charge in [-0.15, -0.1) is 23.5 Å². The lowest BCUT2D eigenvalue weighted by Gasteiger charge is -2.13. The molecule has 0 radical (unpaired) electrons. The zero-order valence-electron chi connectivity index (χ0n) is 18.3. The van der Waals surface area contributed by atoms with E-state index in [1.807, 2.05) is 23.5 Å². The van der Waals surface area contributed by atoms with Crippen LogP contribution < -0.4 is 0 Å². The molecule has 0 bridgehead atoms. The van der Waals surface area contributed by atoms with Crippen LogP contribution in [0.2, 0.25) is 0 Å². The summed E-state index contributed by atoms with van der Waals surface area (Å²) < 4.78 is 0. The predicted molar refractivity (Wildman–Crippen MR) is 138 cm³/mol. The Kier molecular flexibility index (Phi) is 8.48. The van der Waals surface area contributed by atoms with Crippen molar-refractivity contribution in [2.24, 2.45) is 0 Å². The fraction of sp³-hybridized carbons (Fsp3) is 0.214. The van der Waals surface area contributed by atoms with Crippen LogP contribution in [-0.2, 0) is 0 Å². The van der Waals surface area contributed by atoms with E-state index in [1.165, 1.54) is 43.2 Å².